The van der Waals surface area contributed by atoms with Crippen molar-refractivity contribution in [1.29, 1.82) is 0 Å². The lowest BCUT2D eigenvalue weighted by Crippen LogP contribution is -2.53. The van der Waals surface area contributed by atoms with E-state index in [1.807, 2.05) is 71.0 Å². The predicted molar refractivity (Wildman–Crippen MR) is 166 cm³/mol. The highest BCUT2D eigenvalue weighted by atomic mass is 16.3. The Hall–Kier alpha value is -4.74. The van der Waals surface area contributed by atoms with Gasteiger partial charge in [-0.25, -0.2) is 9.97 Å². The van der Waals surface area contributed by atoms with Gasteiger partial charge in [-0.05, 0) is 37.0 Å². The molecule has 2 amide bonds. The van der Waals surface area contributed by atoms with Crippen LogP contribution in [-0.2, 0) is 11.8 Å². The summed E-state index contributed by atoms with van der Waals surface area (Å²) in [7, 11) is 1.88. The summed E-state index contributed by atoms with van der Waals surface area (Å²) in [5.74, 6) is -0.425. The maximum absolute atomic E-state index is 14.0. The van der Waals surface area contributed by atoms with Crippen molar-refractivity contribution < 1.29 is 14.7 Å². The number of fused-ring (bicyclic) bond motifs is 1. The molecule has 43 heavy (non-hydrogen) atoms. The van der Waals surface area contributed by atoms with Crippen LogP contribution in [0.2, 0.25) is 0 Å². The van der Waals surface area contributed by atoms with E-state index in [0.717, 1.165) is 27.9 Å². The van der Waals surface area contributed by atoms with E-state index in [1.165, 1.54) is 11.3 Å². The van der Waals surface area contributed by atoms with E-state index in [-0.39, 0.29) is 29.2 Å². The number of carbonyl (C=O) groups excluding carboxylic acids is 2. The number of aryl methyl sites for hydroxylation is 2. The van der Waals surface area contributed by atoms with Gasteiger partial charge < -0.3 is 20.2 Å². The number of hydrogen-bond acceptors (Lipinski definition) is 9. The van der Waals surface area contributed by atoms with Crippen molar-refractivity contribution in [2.24, 2.45) is 18.1 Å². The third-order valence-corrected chi connectivity index (χ3v) is 7.35. The third kappa shape index (κ3) is 6.23. The summed E-state index contributed by atoms with van der Waals surface area (Å²) in [5.41, 5.74) is 4.16. The van der Waals surface area contributed by atoms with Crippen LogP contribution in [0.1, 0.15) is 62.8 Å². The largest absolute Gasteiger partial charge is 0.504 e. The molecule has 1 aromatic carbocycles. The van der Waals surface area contributed by atoms with Crippen LogP contribution in [0.3, 0.4) is 0 Å². The predicted octanol–water partition coefficient (Wildman–Crippen LogP) is 3.75. The Morgan fingerprint density at radius 1 is 1.16 bits per heavy atom. The smallest absolute Gasteiger partial charge is 0.298 e. The molecule has 1 saturated heterocycles. The number of piperazine rings is 1. The molecule has 0 saturated carbocycles. The summed E-state index contributed by atoms with van der Waals surface area (Å²) < 4.78 is 1.77. The number of amides is 2. The zero-order chi connectivity index (χ0) is 31.4. The van der Waals surface area contributed by atoms with Gasteiger partial charge in [-0.3, -0.25) is 14.3 Å². The van der Waals surface area contributed by atoms with Gasteiger partial charge in [0, 0.05) is 50.5 Å². The number of carbonyl (C=O) groups is 2. The lowest BCUT2D eigenvalue weighted by Gasteiger charge is -2.40. The van der Waals surface area contributed by atoms with Gasteiger partial charge in [-0.1, -0.05) is 47.3 Å². The first-order chi connectivity index (χ1) is 20.6. The van der Waals surface area contributed by atoms with E-state index in [2.05, 4.69) is 27.0 Å². The number of aromatic hydroxyl groups is 1. The Morgan fingerprint density at radius 2 is 1.86 bits per heavy atom. The second kappa shape index (κ2) is 13.1. The molecular formula is C31H41N9O3. The van der Waals surface area contributed by atoms with Crippen LogP contribution in [0.25, 0.3) is 10.9 Å². The fraction of sp³-hybridized carbons (Fsp3) is 0.419. The van der Waals surface area contributed by atoms with Crippen LogP contribution in [0.4, 0.5) is 0 Å². The summed E-state index contributed by atoms with van der Waals surface area (Å²) in [6, 6.07) is 5.96. The number of rotatable bonds is 6. The molecule has 2 aliphatic rings. The average molecular weight is 588 g/mol. The summed E-state index contributed by atoms with van der Waals surface area (Å²) in [5, 5.41) is 25.2. The molecule has 0 atom stereocenters. The second-order valence-electron chi connectivity index (χ2n) is 10.5. The van der Waals surface area contributed by atoms with Crippen molar-refractivity contribution >= 4 is 28.4 Å². The minimum absolute atomic E-state index is 0.0164. The average Bonchev–Trinajstić information content (AvgIpc) is 3.38. The molecule has 1 fully saturated rings. The van der Waals surface area contributed by atoms with E-state index in [4.69, 9.17) is 5.10 Å². The van der Waals surface area contributed by atoms with Gasteiger partial charge in [0.1, 0.15) is 17.8 Å². The van der Waals surface area contributed by atoms with Crippen LogP contribution in [0.5, 0.6) is 5.75 Å². The molecule has 2 aromatic heterocycles. The maximum Gasteiger partial charge on any atom is 0.298 e. The molecule has 0 unspecified atom stereocenters. The molecular weight excluding hydrogens is 546 g/mol. The molecule has 4 heterocycles. The fourth-order valence-electron chi connectivity index (χ4n) is 5.15. The number of benzene rings is 1. The van der Waals surface area contributed by atoms with Gasteiger partial charge in [-0.2, -0.15) is 15.2 Å². The van der Waals surface area contributed by atoms with Crippen molar-refractivity contribution in [2.45, 2.75) is 48.0 Å². The topological polar surface area (TPSA) is 132 Å². The van der Waals surface area contributed by atoms with E-state index >= 15 is 0 Å². The molecule has 0 bridgehead atoms. The first-order valence-electron chi connectivity index (χ1n) is 14.7. The minimum atomic E-state index is -0.364. The normalized spacial score (nSPS) is 16.1. The number of hydrazone groups is 1. The highest BCUT2D eigenvalue weighted by Crippen LogP contribution is 2.27. The lowest BCUT2D eigenvalue weighted by molar-refractivity contribution is -0.128. The van der Waals surface area contributed by atoms with Crippen molar-refractivity contribution in [3.8, 4) is 5.75 Å². The molecule has 0 spiro atoms. The van der Waals surface area contributed by atoms with Gasteiger partial charge in [0.2, 0.25) is 0 Å². The summed E-state index contributed by atoms with van der Waals surface area (Å²) in [4.78, 5) is 38.6. The van der Waals surface area contributed by atoms with E-state index < -0.39 is 0 Å². The van der Waals surface area contributed by atoms with E-state index in [0.29, 0.717) is 49.8 Å². The monoisotopic (exact) mass is 587 g/mol. The minimum Gasteiger partial charge on any atom is -0.504 e. The zero-order valence-electron chi connectivity index (χ0n) is 26.0. The maximum atomic E-state index is 14.0. The fourth-order valence-corrected chi connectivity index (χ4v) is 5.15. The summed E-state index contributed by atoms with van der Waals surface area (Å²) in [6.45, 7) is 17.4. The summed E-state index contributed by atoms with van der Waals surface area (Å²) >= 11 is 0. The van der Waals surface area contributed by atoms with Crippen molar-refractivity contribution in [3.05, 3.63) is 71.5 Å². The molecule has 5 rings (SSSR count). The molecule has 12 heteroatoms. The van der Waals surface area contributed by atoms with Crippen LogP contribution in [-0.4, -0.2) is 83.4 Å². The van der Waals surface area contributed by atoms with Crippen LogP contribution >= 0.6 is 0 Å². The summed E-state index contributed by atoms with van der Waals surface area (Å²) in [6.07, 6.45) is 3.82. The van der Waals surface area contributed by atoms with Crippen molar-refractivity contribution in [1.82, 2.24) is 39.9 Å². The second-order valence-corrected chi connectivity index (χ2v) is 10.5. The lowest BCUT2D eigenvalue weighted by atomic mass is 9.99. The van der Waals surface area contributed by atoms with Crippen LogP contribution in [0, 0.1) is 12.8 Å². The van der Waals surface area contributed by atoms with Gasteiger partial charge in [0.15, 0.2) is 11.4 Å². The van der Waals surface area contributed by atoms with Crippen LogP contribution in [0.15, 0.2) is 59.6 Å². The standard InChI is InChI=1S/C29H35N9O3.C2H6/c1-7-22-26(36-10-12-37(13-11-36)28(40)25-27(39)18(4)30-16-31-25)29(41)38(19(5)32-22)34-24(17(2)3)20-8-9-23-21(14-20)15-35(6)33-23;1-2/h8-9,14-17,32,39H,5,7,10-13H2,1-4,6H3;1-2H3/b34-24+;. The Morgan fingerprint density at radius 3 is 2.51 bits per heavy atom. The number of allylic oxidation sites excluding steroid dienone is 1. The number of nitrogens with one attached hydrogen (secondary N) is 1. The van der Waals surface area contributed by atoms with Gasteiger partial charge in [-0.15, -0.1) is 0 Å². The quantitative estimate of drug-likeness (QED) is 0.417. The van der Waals surface area contributed by atoms with Gasteiger partial charge in [0.05, 0.1) is 16.9 Å². The Balaban J connectivity index is 0.00000207. The Kier molecular flexibility index (Phi) is 9.47. The Bertz CT molecular complexity index is 1600. The molecule has 2 N–H and O–H groups in total. The molecule has 0 aliphatic carbocycles. The first-order valence-corrected chi connectivity index (χ1v) is 14.7. The van der Waals surface area contributed by atoms with Gasteiger partial charge in [0.25, 0.3) is 11.8 Å². The highest BCUT2D eigenvalue weighted by Gasteiger charge is 2.36. The molecule has 2 aliphatic heterocycles. The number of nitrogens with zero attached hydrogens (tertiary/aromatic N) is 8. The highest BCUT2D eigenvalue weighted by molar-refractivity contribution is 6.05. The SMILES string of the molecule is C=C1NC(CC)=C(N2CCN(C(=O)c3ncnc(C)c3O)CC2)C(=O)N1/N=C(/c1ccc2nn(C)cc2c1)C(C)C.CC. The molecule has 12 nitrogen and oxygen atoms in total. The van der Waals surface area contributed by atoms with Crippen molar-refractivity contribution in [2.75, 3.05) is 26.2 Å². The molecule has 3 aromatic rings. The number of hydrogen-bond donors (Lipinski definition) is 2. The van der Waals surface area contributed by atoms with Gasteiger partial charge >= 0.3 is 0 Å². The first kappa shape index (κ1) is 31.2. The van der Waals surface area contributed by atoms with E-state index in [9.17, 15) is 14.7 Å². The number of aromatic nitrogens is 4. The van der Waals surface area contributed by atoms with Crippen molar-refractivity contribution in [3.63, 3.8) is 0 Å². The Labute approximate surface area is 252 Å². The molecule has 228 valence electrons. The van der Waals surface area contributed by atoms with E-state index in [1.54, 1.807) is 16.5 Å². The van der Waals surface area contributed by atoms with Crippen LogP contribution < -0.4 is 5.32 Å². The molecule has 0 radical (unpaired) electrons. The third-order valence-electron chi connectivity index (χ3n) is 7.35. The zero-order valence-corrected chi connectivity index (χ0v) is 26.0.